The van der Waals surface area contributed by atoms with Gasteiger partial charge in [-0.3, -0.25) is 0 Å². The van der Waals surface area contributed by atoms with Crippen molar-refractivity contribution < 1.29 is 0 Å². The molecule has 102 valence electrons. The van der Waals surface area contributed by atoms with Crippen molar-refractivity contribution in [1.29, 1.82) is 0 Å². The number of rotatable bonds is 7. The number of halogens is 2. The molecule has 0 aliphatic heterocycles. The lowest BCUT2D eigenvalue weighted by atomic mass is 10.00. The normalized spacial score (nSPS) is 12.7. The van der Waals surface area contributed by atoms with Gasteiger partial charge in [0.15, 0.2) is 0 Å². The van der Waals surface area contributed by atoms with Crippen LogP contribution in [0.25, 0.3) is 0 Å². The molecule has 0 saturated heterocycles. The van der Waals surface area contributed by atoms with E-state index in [0.29, 0.717) is 6.04 Å². The minimum absolute atomic E-state index is 0.455. The summed E-state index contributed by atoms with van der Waals surface area (Å²) in [7, 11) is 0. The van der Waals surface area contributed by atoms with Crippen LogP contribution >= 0.6 is 31.9 Å². The first kappa shape index (κ1) is 16.2. The molecule has 0 radical (unpaired) electrons. The minimum atomic E-state index is 0.455. The van der Waals surface area contributed by atoms with Crippen molar-refractivity contribution in [3.05, 3.63) is 32.2 Å². The van der Waals surface area contributed by atoms with Crippen LogP contribution in [0.4, 0.5) is 0 Å². The van der Waals surface area contributed by atoms with E-state index in [4.69, 9.17) is 0 Å². The molecule has 0 heterocycles. The van der Waals surface area contributed by atoms with E-state index < -0.39 is 0 Å². The van der Waals surface area contributed by atoms with E-state index in [-0.39, 0.29) is 0 Å². The van der Waals surface area contributed by atoms with Crippen molar-refractivity contribution in [3.63, 3.8) is 0 Å². The fourth-order valence-corrected chi connectivity index (χ4v) is 3.12. The summed E-state index contributed by atoms with van der Waals surface area (Å²) in [5.41, 5.74) is 2.64. The van der Waals surface area contributed by atoms with Crippen LogP contribution in [0.5, 0.6) is 0 Å². The van der Waals surface area contributed by atoms with Crippen molar-refractivity contribution in [2.24, 2.45) is 0 Å². The topological polar surface area (TPSA) is 12.0 Å². The molecule has 0 fully saturated rings. The van der Waals surface area contributed by atoms with Gasteiger partial charge < -0.3 is 5.32 Å². The molecule has 1 rings (SSSR count). The van der Waals surface area contributed by atoms with Gasteiger partial charge >= 0.3 is 0 Å². The zero-order valence-corrected chi connectivity index (χ0v) is 14.7. The van der Waals surface area contributed by atoms with Crippen LogP contribution in [0.3, 0.4) is 0 Å². The smallest absolute Gasteiger partial charge is 0.0331 e. The summed E-state index contributed by atoms with van der Waals surface area (Å²) in [6.45, 7) is 7.66. The summed E-state index contributed by atoms with van der Waals surface area (Å²) in [5, 5.41) is 3.66. The number of aryl methyl sites for hydroxylation is 1. The second-order valence-electron chi connectivity index (χ2n) is 4.77. The maximum absolute atomic E-state index is 3.70. The molecule has 18 heavy (non-hydrogen) atoms. The quantitative estimate of drug-likeness (QED) is 0.638. The molecule has 0 aliphatic carbocycles. The van der Waals surface area contributed by atoms with E-state index in [1.807, 2.05) is 0 Å². The SMILES string of the molecule is CCCCC(NCCC)c1cc(Br)c(C)cc1Br. The van der Waals surface area contributed by atoms with Crippen molar-refractivity contribution in [2.75, 3.05) is 6.54 Å². The Labute approximate surface area is 128 Å². The molecule has 0 amide bonds. The van der Waals surface area contributed by atoms with E-state index in [1.54, 1.807) is 0 Å². The summed E-state index contributed by atoms with van der Waals surface area (Å²) < 4.78 is 2.41. The average molecular weight is 377 g/mol. The Kier molecular flexibility index (Phi) is 7.50. The van der Waals surface area contributed by atoms with Crippen LogP contribution in [0.2, 0.25) is 0 Å². The lowest BCUT2D eigenvalue weighted by molar-refractivity contribution is 0.480. The molecule has 0 aliphatic rings. The number of hydrogen-bond acceptors (Lipinski definition) is 1. The Hall–Kier alpha value is 0.140. The summed E-state index contributed by atoms with van der Waals surface area (Å²) in [5.74, 6) is 0. The fourth-order valence-electron chi connectivity index (χ4n) is 2.02. The maximum atomic E-state index is 3.70. The van der Waals surface area contributed by atoms with E-state index in [2.05, 4.69) is 70.1 Å². The Morgan fingerprint density at radius 3 is 2.44 bits per heavy atom. The molecule has 1 aromatic rings. The number of benzene rings is 1. The number of unbranched alkanes of at least 4 members (excludes halogenated alkanes) is 1. The first-order valence-electron chi connectivity index (χ1n) is 6.79. The third-order valence-electron chi connectivity index (χ3n) is 3.14. The van der Waals surface area contributed by atoms with Crippen LogP contribution in [0.1, 0.15) is 56.7 Å². The van der Waals surface area contributed by atoms with E-state index in [9.17, 15) is 0 Å². The average Bonchev–Trinajstić information content (AvgIpc) is 2.35. The van der Waals surface area contributed by atoms with Crippen molar-refractivity contribution in [2.45, 2.75) is 52.5 Å². The third kappa shape index (κ3) is 4.67. The predicted octanol–water partition coefficient (Wildman–Crippen LogP) is 5.75. The molecular formula is C15H23Br2N. The molecule has 0 saturated carbocycles. The highest BCUT2D eigenvalue weighted by Crippen LogP contribution is 2.32. The van der Waals surface area contributed by atoms with Crippen LogP contribution in [0, 0.1) is 6.92 Å². The Bertz CT molecular complexity index is 369. The summed E-state index contributed by atoms with van der Waals surface area (Å²) in [6.07, 6.45) is 4.88. The lowest BCUT2D eigenvalue weighted by Crippen LogP contribution is -2.22. The number of hydrogen-bond donors (Lipinski definition) is 1. The second-order valence-corrected chi connectivity index (χ2v) is 6.48. The molecule has 0 aromatic heterocycles. The Balaban J connectivity index is 2.92. The van der Waals surface area contributed by atoms with Gasteiger partial charge in [0.05, 0.1) is 0 Å². The van der Waals surface area contributed by atoms with Gasteiger partial charge in [-0.05, 0) is 49.6 Å². The fraction of sp³-hybridized carbons (Fsp3) is 0.600. The first-order valence-corrected chi connectivity index (χ1v) is 8.37. The molecule has 1 aromatic carbocycles. The molecule has 1 N–H and O–H groups in total. The largest absolute Gasteiger partial charge is 0.310 e. The maximum Gasteiger partial charge on any atom is 0.0331 e. The van der Waals surface area contributed by atoms with Crippen molar-refractivity contribution in [3.8, 4) is 0 Å². The van der Waals surface area contributed by atoms with Gasteiger partial charge in [-0.15, -0.1) is 0 Å². The molecular weight excluding hydrogens is 354 g/mol. The van der Waals surface area contributed by atoms with Crippen LogP contribution in [-0.2, 0) is 0 Å². The van der Waals surface area contributed by atoms with Gasteiger partial charge in [0.1, 0.15) is 0 Å². The summed E-state index contributed by atoms with van der Waals surface area (Å²) in [6, 6.07) is 4.91. The van der Waals surface area contributed by atoms with Gasteiger partial charge in [0.25, 0.3) is 0 Å². The highest BCUT2D eigenvalue weighted by atomic mass is 79.9. The predicted molar refractivity (Wildman–Crippen MR) is 87.1 cm³/mol. The standard InChI is InChI=1S/C15H23Br2N/c1-4-6-7-15(18-8-5-2)12-10-13(16)11(3)9-14(12)17/h9-10,15,18H,4-8H2,1-3H3. The lowest BCUT2D eigenvalue weighted by Gasteiger charge is -2.21. The zero-order chi connectivity index (χ0) is 13.5. The summed E-state index contributed by atoms with van der Waals surface area (Å²) >= 11 is 7.34. The van der Waals surface area contributed by atoms with Crippen molar-refractivity contribution in [1.82, 2.24) is 5.32 Å². The Morgan fingerprint density at radius 2 is 1.83 bits per heavy atom. The first-order chi connectivity index (χ1) is 8.60. The van der Waals surface area contributed by atoms with E-state index >= 15 is 0 Å². The molecule has 1 nitrogen and oxygen atoms in total. The van der Waals surface area contributed by atoms with E-state index in [0.717, 1.165) is 6.54 Å². The zero-order valence-electron chi connectivity index (χ0n) is 11.5. The number of nitrogens with one attached hydrogen (secondary N) is 1. The molecule has 1 unspecified atom stereocenters. The van der Waals surface area contributed by atoms with Gasteiger partial charge in [0, 0.05) is 15.0 Å². The Morgan fingerprint density at radius 1 is 1.11 bits per heavy atom. The highest BCUT2D eigenvalue weighted by Gasteiger charge is 2.14. The van der Waals surface area contributed by atoms with Gasteiger partial charge in [0.2, 0.25) is 0 Å². The third-order valence-corrected chi connectivity index (χ3v) is 4.68. The van der Waals surface area contributed by atoms with Gasteiger partial charge in [-0.2, -0.15) is 0 Å². The molecule has 3 heteroatoms. The van der Waals surface area contributed by atoms with Crippen molar-refractivity contribution >= 4 is 31.9 Å². The van der Waals surface area contributed by atoms with Gasteiger partial charge in [-0.1, -0.05) is 58.5 Å². The molecule has 0 bridgehead atoms. The highest BCUT2D eigenvalue weighted by molar-refractivity contribution is 9.11. The molecule has 1 atom stereocenters. The van der Waals surface area contributed by atoms with Crippen LogP contribution < -0.4 is 5.32 Å². The molecule has 0 spiro atoms. The van der Waals surface area contributed by atoms with E-state index in [1.165, 1.54) is 45.8 Å². The monoisotopic (exact) mass is 375 g/mol. The minimum Gasteiger partial charge on any atom is -0.310 e. The summed E-state index contributed by atoms with van der Waals surface area (Å²) in [4.78, 5) is 0. The van der Waals surface area contributed by atoms with Crippen LogP contribution in [-0.4, -0.2) is 6.54 Å². The van der Waals surface area contributed by atoms with Crippen LogP contribution in [0.15, 0.2) is 21.1 Å². The van der Waals surface area contributed by atoms with Gasteiger partial charge in [-0.25, -0.2) is 0 Å². The second kappa shape index (κ2) is 8.34.